The van der Waals surface area contributed by atoms with Gasteiger partial charge in [0.15, 0.2) is 0 Å². The average molecular weight is 459 g/mol. The van der Waals surface area contributed by atoms with Crippen molar-refractivity contribution in [2.45, 2.75) is 90.6 Å². The number of hydrogen-bond acceptors (Lipinski definition) is 6. The van der Waals surface area contributed by atoms with Gasteiger partial charge in [0.2, 0.25) is 0 Å². The van der Waals surface area contributed by atoms with Crippen LogP contribution in [0.3, 0.4) is 0 Å². The Labute approximate surface area is 189 Å². The van der Waals surface area contributed by atoms with Gasteiger partial charge in [-0.3, -0.25) is 19.2 Å². The molecule has 1 fully saturated rings. The summed E-state index contributed by atoms with van der Waals surface area (Å²) in [5.74, 6) is -1.61. The van der Waals surface area contributed by atoms with Gasteiger partial charge in [-0.05, 0) is 38.2 Å². The first-order valence-electron chi connectivity index (χ1n) is 11.1. The number of allylic oxidation sites excluding steroid dienone is 1. The van der Waals surface area contributed by atoms with E-state index in [0.29, 0.717) is 30.9 Å². The highest BCUT2D eigenvalue weighted by Crippen LogP contribution is 2.40. The Kier molecular flexibility index (Phi) is 13.1. The Bertz CT molecular complexity index is 644. The number of carboxylic acid groups (broad SMARTS) is 1. The van der Waals surface area contributed by atoms with Crippen LogP contribution in [0.2, 0.25) is 0 Å². The normalized spacial score (nSPS) is 21.2. The maximum absolute atomic E-state index is 12.7. The minimum Gasteiger partial charge on any atom is -0.481 e. The number of halogens is 1. The fourth-order valence-corrected chi connectivity index (χ4v) is 4.24. The van der Waals surface area contributed by atoms with Crippen LogP contribution >= 0.6 is 11.6 Å². The number of ether oxygens (including phenoxy) is 2. The minimum absolute atomic E-state index is 0.00183. The first kappa shape index (κ1) is 27.1. The molecule has 0 radical (unpaired) electrons. The number of rotatable bonds is 15. The summed E-state index contributed by atoms with van der Waals surface area (Å²) in [6.07, 6.45) is 8.39. The van der Waals surface area contributed by atoms with Crippen molar-refractivity contribution < 1.29 is 33.8 Å². The number of hydrogen-bond donors (Lipinski definition) is 1. The predicted molar refractivity (Wildman–Crippen MR) is 117 cm³/mol. The Morgan fingerprint density at radius 1 is 1.03 bits per heavy atom. The highest BCUT2D eigenvalue weighted by molar-refractivity contribution is 6.17. The van der Waals surface area contributed by atoms with Crippen LogP contribution in [-0.4, -0.2) is 40.8 Å². The first-order valence-corrected chi connectivity index (χ1v) is 11.7. The number of carboxylic acids is 1. The maximum Gasteiger partial charge on any atom is 0.307 e. The first-order chi connectivity index (χ1) is 14.8. The molecule has 0 heterocycles. The van der Waals surface area contributed by atoms with Crippen LogP contribution < -0.4 is 0 Å². The van der Waals surface area contributed by atoms with Crippen LogP contribution in [0.5, 0.6) is 0 Å². The number of carbonyl (C=O) groups is 4. The van der Waals surface area contributed by atoms with E-state index < -0.39 is 35.8 Å². The van der Waals surface area contributed by atoms with E-state index in [-0.39, 0.29) is 18.6 Å². The molecule has 1 N–H and O–H groups in total. The molecule has 0 saturated heterocycles. The van der Waals surface area contributed by atoms with Crippen molar-refractivity contribution in [3.63, 3.8) is 0 Å². The SMILES string of the molecule is CC(=O)OC(=CCCCCCCl)[C@H]1[C@H](OC(C)=O)CC(=O)[C@@H]1CCCCCCC(=O)O. The lowest BCUT2D eigenvalue weighted by Gasteiger charge is -2.25. The summed E-state index contributed by atoms with van der Waals surface area (Å²) in [7, 11) is 0. The third-order valence-corrected chi connectivity index (χ3v) is 5.66. The summed E-state index contributed by atoms with van der Waals surface area (Å²) in [5.41, 5.74) is 0. The van der Waals surface area contributed by atoms with Gasteiger partial charge in [-0.1, -0.05) is 25.7 Å². The van der Waals surface area contributed by atoms with Crippen molar-refractivity contribution in [2.75, 3.05) is 5.88 Å². The monoisotopic (exact) mass is 458 g/mol. The van der Waals surface area contributed by atoms with Gasteiger partial charge in [0.05, 0.1) is 5.92 Å². The molecule has 0 aromatic rings. The molecule has 1 saturated carbocycles. The number of Topliss-reactive ketones (excluding diaryl/α,β-unsaturated/α-hetero) is 1. The predicted octanol–water partition coefficient (Wildman–Crippen LogP) is 4.79. The molecule has 0 amide bonds. The van der Waals surface area contributed by atoms with Crippen LogP contribution in [0.1, 0.15) is 84.5 Å². The van der Waals surface area contributed by atoms with E-state index in [2.05, 4.69) is 0 Å². The zero-order valence-corrected chi connectivity index (χ0v) is 19.3. The van der Waals surface area contributed by atoms with Crippen molar-refractivity contribution >= 4 is 35.3 Å². The molecule has 0 spiro atoms. The maximum atomic E-state index is 12.7. The summed E-state index contributed by atoms with van der Waals surface area (Å²) in [6.45, 7) is 2.62. The lowest BCUT2D eigenvalue weighted by atomic mass is 9.87. The second kappa shape index (κ2) is 15.0. The lowest BCUT2D eigenvalue weighted by molar-refractivity contribution is -0.149. The fraction of sp³-hybridized carbons (Fsp3) is 0.739. The van der Waals surface area contributed by atoms with E-state index in [1.807, 2.05) is 6.08 Å². The van der Waals surface area contributed by atoms with E-state index in [9.17, 15) is 19.2 Å². The molecule has 0 bridgehead atoms. The average Bonchev–Trinajstić information content (AvgIpc) is 2.97. The molecule has 0 aromatic carbocycles. The number of alkyl halides is 1. The van der Waals surface area contributed by atoms with Crippen LogP contribution in [0, 0.1) is 11.8 Å². The van der Waals surface area contributed by atoms with E-state index >= 15 is 0 Å². The zero-order chi connectivity index (χ0) is 23.2. The standard InChI is InChI=1S/C23H35ClO7/c1-16(25)30-20(12-8-5-6-10-14-24)23-18(11-7-3-4-9-13-22(28)29)19(27)15-21(23)31-17(2)26/h12,18,21,23H,3-11,13-15H2,1-2H3,(H,28,29)/t18-,21+,23-/m0/s1. The Balaban J connectivity index is 2.88. The van der Waals surface area contributed by atoms with E-state index in [4.69, 9.17) is 26.2 Å². The van der Waals surface area contributed by atoms with Gasteiger partial charge in [-0.25, -0.2) is 0 Å². The third-order valence-electron chi connectivity index (χ3n) is 5.40. The highest BCUT2D eigenvalue weighted by atomic mass is 35.5. The Morgan fingerprint density at radius 3 is 2.32 bits per heavy atom. The van der Waals surface area contributed by atoms with Gasteiger partial charge in [0.25, 0.3) is 0 Å². The quantitative estimate of drug-likeness (QED) is 0.162. The third kappa shape index (κ3) is 10.8. The van der Waals surface area contributed by atoms with Gasteiger partial charge in [0, 0.05) is 38.5 Å². The summed E-state index contributed by atoms with van der Waals surface area (Å²) in [5, 5.41) is 8.72. The van der Waals surface area contributed by atoms with Crippen LogP contribution in [0.4, 0.5) is 0 Å². The van der Waals surface area contributed by atoms with Crippen LogP contribution in [0.15, 0.2) is 11.8 Å². The lowest BCUT2D eigenvalue weighted by Crippen LogP contribution is -2.28. The van der Waals surface area contributed by atoms with Crippen molar-refractivity contribution in [2.24, 2.45) is 11.8 Å². The van der Waals surface area contributed by atoms with E-state index in [1.54, 1.807) is 0 Å². The number of unbranched alkanes of at least 4 members (excludes halogenated alkanes) is 6. The molecular formula is C23H35ClO7. The number of esters is 2. The minimum atomic E-state index is -0.808. The summed E-state index contributed by atoms with van der Waals surface area (Å²) >= 11 is 5.71. The molecule has 176 valence electrons. The van der Waals surface area contributed by atoms with Crippen LogP contribution in [-0.2, 0) is 28.7 Å². The summed E-state index contributed by atoms with van der Waals surface area (Å²) in [4.78, 5) is 46.7. The molecule has 8 heteroatoms. The largest absolute Gasteiger partial charge is 0.481 e. The van der Waals surface area contributed by atoms with Gasteiger partial charge < -0.3 is 14.6 Å². The summed E-state index contributed by atoms with van der Waals surface area (Å²) < 4.78 is 10.9. The number of ketones is 1. The van der Waals surface area contributed by atoms with E-state index in [1.165, 1.54) is 13.8 Å². The summed E-state index contributed by atoms with van der Waals surface area (Å²) in [6, 6.07) is 0. The number of aliphatic carboxylic acids is 1. The molecule has 0 aromatic heterocycles. The zero-order valence-electron chi connectivity index (χ0n) is 18.6. The second-order valence-corrected chi connectivity index (χ2v) is 8.41. The molecule has 31 heavy (non-hydrogen) atoms. The number of carbonyl (C=O) groups excluding carboxylic acids is 3. The van der Waals surface area contributed by atoms with Crippen molar-refractivity contribution in [3.8, 4) is 0 Å². The molecule has 7 nitrogen and oxygen atoms in total. The molecule has 0 aliphatic heterocycles. The molecule has 3 atom stereocenters. The highest BCUT2D eigenvalue weighted by Gasteiger charge is 2.47. The molecular weight excluding hydrogens is 424 g/mol. The smallest absolute Gasteiger partial charge is 0.307 e. The molecule has 1 aliphatic rings. The van der Waals surface area contributed by atoms with Gasteiger partial charge in [-0.2, -0.15) is 0 Å². The van der Waals surface area contributed by atoms with Gasteiger partial charge in [-0.15, -0.1) is 11.6 Å². The van der Waals surface area contributed by atoms with Gasteiger partial charge in [0.1, 0.15) is 17.6 Å². The van der Waals surface area contributed by atoms with Crippen molar-refractivity contribution in [1.82, 2.24) is 0 Å². The topological polar surface area (TPSA) is 107 Å². The molecule has 1 rings (SSSR count). The fourth-order valence-electron chi connectivity index (χ4n) is 4.05. The van der Waals surface area contributed by atoms with Gasteiger partial charge >= 0.3 is 17.9 Å². The Hall–Kier alpha value is -1.89. The van der Waals surface area contributed by atoms with Crippen LogP contribution in [0.25, 0.3) is 0 Å². The van der Waals surface area contributed by atoms with Crippen molar-refractivity contribution in [1.29, 1.82) is 0 Å². The van der Waals surface area contributed by atoms with Crippen molar-refractivity contribution in [3.05, 3.63) is 11.8 Å². The Morgan fingerprint density at radius 2 is 1.71 bits per heavy atom. The molecule has 0 unspecified atom stereocenters. The second-order valence-electron chi connectivity index (χ2n) is 8.04. The van der Waals surface area contributed by atoms with E-state index in [0.717, 1.165) is 38.5 Å². The molecule has 1 aliphatic carbocycles.